The van der Waals surface area contributed by atoms with Gasteiger partial charge in [0.2, 0.25) is 0 Å². The van der Waals surface area contributed by atoms with Gasteiger partial charge in [0.25, 0.3) is 5.91 Å². The second kappa shape index (κ2) is 5.60. The Kier molecular flexibility index (Phi) is 3.92. The Bertz CT molecular complexity index is 737. The number of carbonyl (C=O) groups is 2. The van der Waals surface area contributed by atoms with Crippen molar-refractivity contribution in [3.05, 3.63) is 23.8 Å². The van der Waals surface area contributed by atoms with Crippen LogP contribution in [-0.2, 0) is 19.7 Å². The molecule has 2 unspecified atom stereocenters. The lowest BCUT2D eigenvalue weighted by atomic mass is 9.74. The van der Waals surface area contributed by atoms with Crippen molar-refractivity contribution in [3.8, 4) is 5.75 Å². The number of amides is 1. The Labute approximate surface area is 147 Å². The third kappa shape index (κ3) is 1.95. The van der Waals surface area contributed by atoms with Crippen LogP contribution in [-0.4, -0.2) is 69.0 Å². The molecule has 0 aliphatic carbocycles. The van der Waals surface area contributed by atoms with Gasteiger partial charge in [0.15, 0.2) is 11.1 Å². The predicted octanol–water partition coefficient (Wildman–Crippen LogP) is -0.0803. The molecule has 1 fully saturated rings. The molecule has 2 heterocycles. The highest BCUT2D eigenvalue weighted by Crippen LogP contribution is 2.55. The largest absolute Gasteiger partial charge is 0.497 e. The number of hydrogen-bond acceptors (Lipinski definition) is 7. The fraction of sp³-hybridized carbons (Fsp3) is 0.529. The number of likely N-dealkylation sites (N-methyl/N-ethyl adjacent to an activating group) is 1. The number of hydrazine groups is 1. The summed E-state index contributed by atoms with van der Waals surface area (Å²) in [5.41, 5.74) is 5.14. The summed E-state index contributed by atoms with van der Waals surface area (Å²) < 4.78 is 10.7. The molecule has 1 saturated heterocycles. The lowest BCUT2D eigenvalue weighted by molar-refractivity contribution is -0.152. The van der Waals surface area contributed by atoms with Crippen molar-refractivity contribution in [2.24, 2.45) is 5.73 Å². The smallest absolute Gasteiger partial charge is 0.322 e. The molecule has 0 spiro atoms. The van der Waals surface area contributed by atoms with Gasteiger partial charge < -0.3 is 14.4 Å². The van der Waals surface area contributed by atoms with Gasteiger partial charge in [-0.2, -0.15) is 0 Å². The number of methoxy groups -OCH3 is 1. The normalized spacial score (nSPS) is 27.6. The summed E-state index contributed by atoms with van der Waals surface area (Å²) in [7, 11) is 6.77. The third-order valence-corrected chi connectivity index (χ3v) is 5.26. The van der Waals surface area contributed by atoms with Crippen molar-refractivity contribution < 1.29 is 19.1 Å². The molecule has 8 nitrogen and oxygen atoms in total. The van der Waals surface area contributed by atoms with E-state index in [1.165, 1.54) is 5.01 Å². The molecule has 3 rings (SSSR count). The summed E-state index contributed by atoms with van der Waals surface area (Å²) in [6, 6.07) is 5.37. The monoisotopic (exact) mass is 348 g/mol. The van der Waals surface area contributed by atoms with Gasteiger partial charge in [0, 0.05) is 32.4 Å². The molecule has 0 aromatic heterocycles. The molecule has 136 valence electrons. The molecule has 2 aliphatic heterocycles. The van der Waals surface area contributed by atoms with Crippen LogP contribution >= 0.6 is 0 Å². The first kappa shape index (κ1) is 17.5. The van der Waals surface area contributed by atoms with E-state index in [1.807, 2.05) is 6.07 Å². The lowest BCUT2D eigenvalue weighted by Gasteiger charge is -2.36. The zero-order valence-electron chi connectivity index (χ0n) is 15.2. The van der Waals surface area contributed by atoms with Crippen LogP contribution in [0, 0.1) is 0 Å². The van der Waals surface area contributed by atoms with E-state index in [2.05, 4.69) is 0 Å². The first-order valence-corrected chi connectivity index (χ1v) is 8.13. The van der Waals surface area contributed by atoms with Gasteiger partial charge in [0.05, 0.1) is 20.3 Å². The Morgan fingerprint density at radius 1 is 1.40 bits per heavy atom. The molecular weight excluding hydrogens is 324 g/mol. The van der Waals surface area contributed by atoms with E-state index in [9.17, 15) is 9.59 Å². The maximum atomic E-state index is 13.2. The molecule has 8 heteroatoms. The number of hydrogen-bond donors (Lipinski definition) is 1. The van der Waals surface area contributed by atoms with E-state index in [0.717, 1.165) is 5.69 Å². The predicted molar refractivity (Wildman–Crippen MR) is 92.0 cm³/mol. The second-order valence-electron chi connectivity index (χ2n) is 6.54. The van der Waals surface area contributed by atoms with Crippen molar-refractivity contribution in [1.82, 2.24) is 10.0 Å². The topological polar surface area (TPSA) is 88.3 Å². The average molecular weight is 348 g/mol. The average Bonchev–Trinajstić information content (AvgIpc) is 2.94. The first-order chi connectivity index (χ1) is 11.8. The van der Waals surface area contributed by atoms with E-state index in [-0.39, 0.29) is 19.1 Å². The summed E-state index contributed by atoms with van der Waals surface area (Å²) >= 11 is 0. The van der Waals surface area contributed by atoms with Gasteiger partial charge in [0.1, 0.15) is 5.75 Å². The number of fused-ring (bicyclic) bond motifs is 3. The van der Waals surface area contributed by atoms with Crippen LogP contribution in [0.2, 0.25) is 0 Å². The Hall–Kier alpha value is -2.32. The Balaban J connectivity index is 2.30. The molecule has 0 radical (unpaired) electrons. The number of benzene rings is 1. The second-order valence-corrected chi connectivity index (χ2v) is 6.54. The van der Waals surface area contributed by atoms with Crippen LogP contribution in [0.15, 0.2) is 18.2 Å². The molecule has 2 N–H and O–H groups in total. The Morgan fingerprint density at radius 3 is 2.64 bits per heavy atom. The molecule has 1 aromatic rings. The zero-order valence-corrected chi connectivity index (χ0v) is 15.2. The van der Waals surface area contributed by atoms with Crippen molar-refractivity contribution in [1.29, 1.82) is 0 Å². The van der Waals surface area contributed by atoms with Gasteiger partial charge in [-0.3, -0.25) is 20.3 Å². The minimum atomic E-state index is -1.56. The quantitative estimate of drug-likeness (QED) is 0.762. The lowest BCUT2D eigenvalue weighted by Crippen LogP contribution is -2.68. The number of nitrogens with zero attached hydrogens (tertiary/aromatic N) is 3. The highest BCUT2D eigenvalue weighted by atomic mass is 16.5. The van der Waals surface area contributed by atoms with Gasteiger partial charge >= 0.3 is 5.97 Å². The summed E-state index contributed by atoms with van der Waals surface area (Å²) in [6.45, 7) is 2.05. The maximum absolute atomic E-state index is 13.2. The fourth-order valence-corrected chi connectivity index (χ4v) is 3.89. The molecule has 0 saturated carbocycles. The van der Waals surface area contributed by atoms with Crippen molar-refractivity contribution in [3.63, 3.8) is 0 Å². The first-order valence-electron chi connectivity index (χ1n) is 8.13. The van der Waals surface area contributed by atoms with Gasteiger partial charge in [-0.15, -0.1) is 0 Å². The third-order valence-electron chi connectivity index (χ3n) is 5.26. The van der Waals surface area contributed by atoms with E-state index in [0.29, 0.717) is 11.3 Å². The number of carbonyl (C=O) groups excluding carboxylic acids is 2. The van der Waals surface area contributed by atoms with Crippen LogP contribution in [0.4, 0.5) is 5.69 Å². The van der Waals surface area contributed by atoms with Crippen molar-refractivity contribution in [2.45, 2.75) is 18.0 Å². The molecule has 1 amide bonds. The molecule has 1 aromatic carbocycles. The maximum Gasteiger partial charge on any atom is 0.322 e. The van der Waals surface area contributed by atoms with Crippen molar-refractivity contribution in [2.75, 3.05) is 46.3 Å². The minimum absolute atomic E-state index is 0.110. The van der Waals surface area contributed by atoms with E-state index in [1.54, 1.807) is 57.2 Å². The fourth-order valence-electron chi connectivity index (χ4n) is 3.89. The van der Waals surface area contributed by atoms with Crippen LogP contribution in [0.25, 0.3) is 0 Å². The molecule has 2 aliphatic rings. The highest BCUT2D eigenvalue weighted by Gasteiger charge is 2.74. The van der Waals surface area contributed by atoms with Crippen LogP contribution in [0.5, 0.6) is 5.75 Å². The number of ether oxygens (including phenoxy) is 2. The van der Waals surface area contributed by atoms with Gasteiger partial charge in [-0.05, 0) is 25.1 Å². The number of nitrogens with two attached hydrogens (primary N) is 1. The van der Waals surface area contributed by atoms with Crippen LogP contribution in [0.3, 0.4) is 0 Å². The summed E-state index contributed by atoms with van der Waals surface area (Å²) in [5.74, 6) is -0.256. The molecule has 2 atom stereocenters. The van der Waals surface area contributed by atoms with Gasteiger partial charge in [-0.25, -0.2) is 5.01 Å². The highest BCUT2D eigenvalue weighted by molar-refractivity contribution is 6.07. The Morgan fingerprint density at radius 2 is 2.08 bits per heavy atom. The number of rotatable bonds is 4. The van der Waals surface area contributed by atoms with Crippen molar-refractivity contribution >= 4 is 17.6 Å². The number of anilines is 1. The van der Waals surface area contributed by atoms with E-state index >= 15 is 0 Å². The van der Waals surface area contributed by atoms with E-state index in [4.69, 9.17) is 15.2 Å². The standard InChI is InChI=1S/C17H24N4O4/c1-6-25-15(23)16-10-21(19(2)3)14(22)17(16,18)20(4)13-8-7-11(24-5)9-12(13)16/h7-9H,6,10,18H2,1-5H3. The molecule has 25 heavy (non-hydrogen) atoms. The van der Waals surface area contributed by atoms with Crippen LogP contribution in [0.1, 0.15) is 12.5 Å². The SMILES string of the molecule is CCOC(=O)C12CN(N(C)C)C(=O)C1(N)N(C)c1ccc(OC)cc12. The zero-order chi connectivity index (χ0) is 18.6. The van der Waals surface area contributed by atoms with Gasteiger partial charge in [-0.1, -0.05) is 0 Å². The summed E-state index contributed by atoms with van der Waals surface area (Å²) in [4.78, 5) is 28.0. The summed E-state index contributed by atoms with van der Waals surface area (Å²) in [5, 5.41) is 3.12. The van der Waals surface area contributed by atoms with Crippen LogP contribution < -0.4 is 15.4 Å². The summed E-state index contributed by atoms with van der Waals surface area (Å²) in [6.07, 6.45) is 0. The number of esters is 1. The van der Waals surface area contributed by atoms with E-state index < -0.39 is 17.0 Å². The minimum Gasteiger partial charge on any atom is -0.497 e. The molecule has 0 bridgehead atoms. The molecular formula is C17H24N4O4.